The van der Waals surface area contributed by atoms with E-state index in [4.69, 9.17) is 0 Å². The number of halogens is 1. The number of anilines is 1. The fourth-order valence-corrected chi connectivity index (χ4v) is 1.43. The first-order valence-corrected chi connectivity index (χ1v) is 6.15. The van der Waals surface area contributed by atoms with E-state index in [1.165, 1.54) is 0 Å². The van der Waals surface area contributed by atoms with Crippen molar-refractivity contribution in [3.8, 4) is 0 Å². The van der Waals surface area contributed by atoms with Crippen molar-refractivity contribution in [2.75, 3.05) is 18.5 Å². The zero-order chi connectivity index (χ0) is 12.7. The normalized spacial score (nSPS) is 9.53. The van der Waals surface area contributed by atoms with Gasteiger partial charge in [-0.3, -0.25) is 4.79 Å². The van der Waals surface area contributed by atoms with Crippen LogP contribution in [0.1, 0.15) is 6.92 Å². The molecule has 2 N–H and O–H groups in total. The van der Waals surface area contributed by atoms with Crippen molar-refractivity contribution in [3.05, 3.63) is 27.8 Å². The van der Waals surface area contributed by atoms with Crippen LogP contribution in [0.4, 0.5) is 10.5 Å². The highest BCUT2D eigenvalue weighted by Gasteiger charge is 2.05. The number of carbonyl (C=O) groups excluding carboxylic acids is 2. The summed E-state index contributed by atoms with van der Waals surface area (Å²) in [5.74, 6) is -0.292. The highest BCUT2D eigenvalue weighted by Crippen LogP contribution is 2.10. The summed E-state index contributed by atoms with van der Waals surface area (Å²) in [5.41, 5.74) is 0.695. The first kappa shape index (κ1) is 13.8. The van der Waals surface area contributed by atoms with Crippen molar-refractivity contribution >= 4 is 40.3 Å². The van der Waals surface area contributed by atoms with Crippen molar-refractivity contribution in [1.29, 1.82) is 0 Å². The van der Waals surface area contributed by atoms with Gasteiger partial charge in [0, 0.05) is 9.26 Å². The zero-order valence-electron chi connectivity index (χ0n) is 9.33. The van der Waals surface area contributed by atoms with Crippen molar-refractivity contribution < 1.29 is 14.3 Å². The Bertz CT molecular complexity index is 392. The molecular formula is C11H13IN2O3. The molecule has 1 aromatic carbocycles. The third-order valence-electron chi connectivity index (χ3n) is 1.80. The molecule has 0 heterocycles. The topological polar surface area (TPSA) is 67.4 Å². The van der Waals surface area contributed by atoms with E-state index in [0.29, 0.717) is 5.69 Å². The average molecular weight is 348 g/mol. The van der Waals surface area contributed by atoms with Gasteiger partial charge in [0.15, 0.2) is 0 Å². The molecule has 0 aliphatic rings. The third-order valence-corrected chi connectivity index (χ3v) is 2.52. The van der Waals surface area contributed by atoms with Crippen molar-refractivity contribution in [3.63, 3.8) is 0 Å². The summed E-state index contributed by atoms with van der Waals surface area (Å²) in [6.07, 6.45) is -0.592. The number of hydrogen-bond acceptors (Lipinski definition) is 3. The third kappa shape index (κ3) is 5.53. The maximum Gasteiger partial charge on any atom is 0.407 e. The molecule has 0 saturated carbocycles. The van der Waals surface area contributed by atoms with Crippen LogP contribution in [0.25, 0.3) is 0 Å². The summed E-state index contributed by atoms with van der Waals surface area (Å²) in [6.45, 7) is 1.88. The van der Waals surface area contributed by atoms with Crippen LogP contribution in [0.3, 0.4) is 0 Å². The predicted octanol–water partition coefficient (Wildman–Crippen LogP) is 1.98. The summed E-state index contributed by atoms with van der Waals surface area (Å²) < 4.78 is 5.72. The molecule has 0 aromatic heterocycles. The van der Waals surface area contributed by atoms with Gasteiger partial charge in [-0.1, -0.05) is 0 Å². The molecule has 0 aliphatic carbocycles. The fourth-order valence-electron chi connectivity index (χ4n) is 1.07. The second kappa shape index (κ2) is 7.10. The molecule has 6 heteroatoms. The summed E-state index contributed by atoms with van der Waals surface area (Å²) in [6, 6.07) is 7.36. The van der Waals surface area contributed by atoms with Gasteiger partial charge >= 0.3 is 6.09 Å². The lowest BCUT2D eigenvalue weighted by Gasteiger charge is -2.06. The lowest BCUT2D eigenvalue weighted by molar-refractivity contribution is -0.115. The Labute approximate surface area is 113 Å². The second-order valence-electron chi connectivity index (χ2n) is 3.13. The molecule has 92 valence electrons. The van der Waals surface area contributed by atoms with E-state index >= 15 is 0 Å². The Kier molecular flexibility index (Phi) is 5.75. The van der Waals surface area contributed by atoms with Gasteiger partial charge in [0.05, 0.1) is 6.61 Å². The first-order valence-electron chi connectivity index (χ1n) is 5.08. The Morgan fingerprint density at radius 3 is 2.53 bits per heavy atom. The highest BCUT2D eigenvalue weighted by molar-refractivity contribution is 14.1. The average Bonchev–Trinajstić information content (AvgIpc) is 2.30. The molecule has 17 heavy (non-hydrogen) atoms. The standard InChI is InChI=1S/C11H13IN2O3/c1-2-17-11(16)13-7-10(15)14-9-5-3-8(12)4-6-9/h3-6H,2,7H2,1H3,(H,13,16)(H,14,15). The molecule has 0 bridgehead atoms. The zero-order valence-corrected chi connectivity index (χ0v) is 11.5. The minimum absolute atomic E-state index is 0.106. The number of benzene rings is 1. The van der Waals surface area contributed by atoms with Gasteiger partial charge in [-0.05, 0) is 53.8 Å². The number of nitrogens with one attached hydrogen (secondary N) is 2. The molecule has 0 radical (unpaired) electrons. The molecule has 1 aromatic rings. The Morgan fingerprint density at radius 1 is 1.29 bits per heavy atom. The van der Waals surface area contributed by atoms with E-state index in [-0.39, 0.29) is 19.1 Å². The van der Waals surface area contributed by atoms with Gasteiger partial charge in [0.2, 0.25) is 5.91 Å². The minimum atomic E-state index is -0.592. The Balaban J connectivity index is 2.34. The van der Waals surface area contributed by atoms with Gasteiger partial charge < -0.3 is 15.4 Å². The number of amides is 2. The van der Waals surface area contributed by atoms with Crippen LogP contribution in [-0.4, -0.2) is 25.2 Å². The molecule has 1 rings (SSSR count). The van der Waals surface area contributed by atoms with Crippen molar-refractivity contribution in [2.24, 2.45) is 0 Å². The first-order chi connectivity index (χ1) is 8.11. The molecular weight excluding hydrogens is 335 g/mol. The molecule has 0 saturated heterocycles. The number of rotatable bonds is 4. The quantitative estimate of drug-likeness (QED) is 0.818. The van der Waals surface area contributed by atoms with Gasteiger partial charge in [-0.25, -0.2) is 4.79 Å². The maximum absolute atomic E-state index is 11.4. The lowest BCUT2D eigenvalue weighted by atomic mass is 10.3. The lowest BCUT2D eigenvalue weighted by Crippen LogP contribution is -2.33. The highest BCUT2D eigenvalue weighted by atomic mass is 127. The largest absolute Gasteiger partial charge is 0.450 e. The van der Waals surface area contributed by atoms with Gasteiger partial charge in [-0.15, -0.1) is 0 Å². The van der Waals surface area contributed by atoms with Crippen molar-refractivity contribution in [2.45, 2.75) is 6.92 Å². The molecule has 0 spiro atoms. The number of carbonyl (C=O) groups is 2. The molecule has 0 unspecified atom stereocenters. The van der Waals surface area contributed by atoms with E-state index in [1.807, 2.05) is 12.1 Å². The second-order valence-corrected chi connectivity index (χ2v) is 4.37. The van der Waals surface area contributed by atoms with E-state index in [9.17, 15) is 9.59 Å². The fraction of sp³-hybridized carbons (Fsp3) is 0.273. The number of alkyl carbamates (subject to hydrolysis) is 1. The van der Waals surface area contributed by atoms with Gasteiger partial charge in [0.25, 0.3) is 0 Å². The number of ether oxygens (including phenoxy) is 1. The smallest absolute Gasteiger partial charge is 0.407 e. The Morgan fingerprint density at radius 2 is 1.94 bits per heavy atom. The molecule has 0 atom stereocenters. The van der Waals surface area contributed by atoms with Crippen LogP contribution >= 0.6 is 22.6 Å². The Hall–Kier alpha value is -1.31. The van der Waals surface area contributed by atoms with Crippen LogP contribution < -0.4 is 10.6 Å². The summed E-state index contributed by atoms with van der Waals surface area (Å²) in [5, 5.41) is 4.99. The van der Waals surface area contributed by atoms with E-state index in [0.717, 1.165) is 3.57 Å². The summed E-state index contributed by atoms with van der Waals surface area (Å²) in [7, 11) is 0. The van der Waals surface area contributed by atoms with Crippen LogP contribution in [0.15, 0.2) is 24.3 Å². The molecule has 5 nitrogen and oxygen atoms in total. The molecule has 2 amide bonds. The van der Waals surface area contributed by atoms with Crippen LogP contribution in [0.2, 0.25) is 0 Å². The van der Waals surface area contributed by atoms with Gasteiger partial charge in [-0.2, -0.15) is 0 Å². The SMILES string of the molecule is CCOC(=O)NCC(=O)Nc1ccc(I)cc1. The van der Waals surface area contributed by atoms with E-state index < -0.39 is 6.09 Å². The molecule has 0 aliphatic heterocycles. The summed E-state index contributed by atoms with van der Waals surface area (Å²) in [4.78, 5) is 22.4. The van der Waals surface area contributed by atoms with E-state index in [2.05, 4.69) is 38.0 Å². The minimum Gasteiger partial charge on any atom is -0.450 e. The molecule has 0 fully saturated rings. The van der Waals surface area contributed by atoms with Crippen LogP contribution in [-0.2, 0) is 9.53 Å². The van der Waals surface area contributed by atoms with E-state index in [1.54, 1.807) is 19.1 Å². The maximum atomic E-state index is 11.4. The van der Waals surface area contributed by atoms with Crippen LogP contribution in [0, 0.1) is 3.57 Å². The van der Waals surface area contributed by atoms with Crippen LogP contribution in [0.5, 0.6) is 0 Å². The van der Waals surface area contributed by atoms with Crippen molar-refractivity contribution in [1.82, 2.24) is 5.32 Å². The summed E-state index contributed by atoms with van der Waals surface area (Å²) >= 11 is 2.18. The predicted molar refractivity (Wildman–Crippen MR) is 72.8 cm³/mol. The van der Waals surface area contributed by atoms with Gasteiger partial charge in [0.1, 0.15) is 6.54 Å². The number of hydrogen-bond donors (Lipinski definition) is 2. The monoisotopic (exact) mass is 348 g/mol.